The normalized spacial score (nSPS) is 13.7. The lowest BCUT2D eigenvalue weighted by molar-refractivity contribution is -0.212. The van der Waals surface area contributed by atoms with E-state index in [0.29, 0.717) is 6.07 Å². The lowest BCUT2D eigenvalue weighted by Crippen LogP contribution is -2.27. The molecule has 0 saturated carbocycles. The minimum absolute atomic E-state index is 0.342. The van der Waals surface area contributed by atoms with Crippen LogP contribution < -0.4 is 10.8 Å². The van der Waals surface area contributed by atoms with Crippen LogP contribution in [0, 0.1) is 5.82 Å². The third-order valence-corrected chi connectivity index (χ3v) is 2.73. The molecule has 1 aromatic rings. The number of rotatable bonds is 2. The Morgan fingerprint density at radius 2 is 1.89 bits per heavy atom. The van der Waals surface area contributed by atoms with Gasteiger partial charge in [0.25, 0.3) is 0 Å². The van der Waals surface area contributed by atoms with Gasteiger partial charge in [0.1, 0.15) is 5.82 Å². The Bertz CT molecular complexity index is 595. The highest BCUT2D eigenvalue weighted by Gasteiger charge is 2.45. The maximum atomic E-state index is 12.9. The lowest BCUT2D eigenvalue weighted by atomic mass is 10.2. The summed E-state index contributed by atoms with van der Waals surface area (Å²) in [7, 11) is -5.95. The fraction of sp³-hybridized carbons (Fsp3) is 0.125. The first-order chi connectivity index (χ1) is 8.04. The SMILES string of the molecule is Nc1ccc(/C([O-])=N/S(=O)(=O)C(F)(F)F)cc1F. The molecule has 10 heteroatoms. The van der Waals surface area contributed by atoms with Crippen LogP contribution in [0.5, 0.6) is 0 Å². The van der Waals surface area contributed by atoms with E-state index in [9.17, 15) is 31.1 Å². The van der Waals surface area contributed by atoms with E-state index in [1.807, 2.05) is 4.40 Å². The number of alkyl halides is 3. The van der Waals surface area contributed by atoms with E-state index in [2.05, 4.69) is 0 Å². The van der Waals surface area contributed by atoms with Crippen molar-refractivity contribution in [2.45, 2.75) is 5.51 Å². The molecule has 100 valence electrons. The molecule has 2 N–H and O–H groups in total. The predicted molar refractivity (Wildman–Crippen MR) is 52.3 cm³/mol. The first-order valence-electron chi connectivity index (χ1n) is 4.18. The van der Waals surface area contributed by atoms with Gasteiger partial charge in [-0.3, -0.25) is 0 Å². The van der Waals surface area contributed by atoms with Crippen molar-refractivity contribution in [3.63, 3.8) is 0 Å². The molecule has 0 unspecified atom stereocenters. The van der Waals surface area contributed by atoms with Crippen molar-refractivity contribution in [2.24, 2.45) is 4.40 Å². The van der Waals surface area contributed by atoms with Crippen LogP contribution in [0.15, 0.2) is 22.6 Å². The standard InChI is InChI=1S/C8H6F4N2O3S/c9-5-3-4(1-2-6(5)13)7(15)14-18(16,17)8(10,11)12/h1-3H,13H2,(H,14,15)/p-1. The fourth-order valence-electron chi connectivity index (χ4n) is 0.874. The number of halogens is 4. The molecule has 0 amide bonds. The molecule has 0 radical (unpaired) electrons. The van der Waals surface area contributed by atoms with E-state index in [1.165, 1.54) is 0 Å². The van der Waals surface area contributed by atoms with Crippen molar-refractivity contribution in [3.05, 3.63) is 29.6 Å². The number of nitrogen functional groups attached to an aromatic ring is 1. The van der Waals surface area contributed by atoms with Crippen LogP contribution in [-0.4, -0.2) is 19.8 Å². The summed E-state index contributed by atoms with van der Waals surface area (Å²) in [4.78, 5) is 0. The van der Waals surface area contributed by atoms with E-state index in [0.717, 1.165) is 12.1 Å². The minimum atomic E-state index is -5.95. The van der Waals surface area contributed by atoms with Crippen LogP contribution in [-0.2, 0) is 10.0 Å². The quantitative estimate of drug-likeness (QED) is 0.367. The Morgan fingerprint density at radius 3 is 2.33 bits per heavy atom. The zero-order valence-electron chi connectivity index (χ0n) is 8.40. The Kier molecular flexibility index (Phi) is 3.51. The second kappa shape index (κ2) is 4.44. The maximum Gasteiger partial charge on any atom is 0.518 e. The molecule has 18 heavy (non-hydrogen) atoms. The second-order valence-corrected chi connectivity index (χ2v) is 4.65. The molecule has 1 aromatic carbocycles. The van der Waals surface area contributed by atoms with Crippen LogP contribution in [0.4, 0.5) is 23.2 Å². The van der Waals surface area contributed by atoms with Gasteiger partial charge in [-0.25, -0.2) is 4.39 Å². The summed E-state index contributed by atoms with van der Waals surface area (Å²) in [5.41, 5.74) is -1.62. The van der Waals surface area contributed by atoms with Gasteiger partial charge in [0.2, 0.25) is 0 Å². The van der Waals surface area contributed by atoms with E-state index >= 15 is 0 Å². The number of anilines is 1. The Labute approximate surface area is 98.6 Å². The van der Waals surface area contributed by atoms with Crippen LogP contribution in [0.2, 0.25) is 0 Å². The topological polar surface area (TPSA) is 95.6 Å². The molecule has 0 atom stereocenters. The summed E-state index contributed by atoms with van der Waals surface area (Å²) in [6.45, 7) is 0. The molecule has 0 aliphatic rings. The molecular formula is C8H5F4N2O3S-. The minimum Gasteiger partial charge on any atom is -0.858 e. The maximum absolute atomic E-state index is 12.9. The van der Waals surface area contributed by atoms with Gasteiger partial charge in [0.05, 0.1) is 5.69 Å². The number of nitrogens with two attached hydrogens (primary N) is 1. The molecule has 1 rings (SSSR count). The monoisotopic (exact) mass is 285 g/mol. The van der Waals surface area contributed by atoms with Gasteiger partial charge in [-0.2, -0.15) is 26.0 Å². The highest BCUT2D eigenvalue weighted by Crippen LogP contribution is 2.25. The lowest BCUT2D eigenvalue weighted by Gasteiger charge is -2.12. The van der Waals surface area contributed by atoms with Gasteiger partial charge < -0.3 is 10.8 Å². The Morgan fingerprint density at radius 1 is 1.33 bits per heavy atom. The van der Waals surface area contributed by atoms with E-state index < -0.39 is 32.8 Å². The molecule has 0 heterocycles. The average molecular weight is 285 g/mol. The zero-order valence-corrected chi connectivity index (χ0v) is 9.22. The van der Waals surface area contributed by atoms with Gasteiger partial charge in [-0.1, -0.05) is 6.07 Å². The molecule has 0 fully saturated rings. The summed E-state index contributed by atoms with van der Waals surface area (Å²) in [6, 6.07) is 2.25. The van der Waals surface area contributed by atoms with Crippen LogP contribution >= 0.6 is 0 Å². The third-order valence-electron chi connectivity index (χ3n) is 1.74. The first-order valence-corrected chi connectivity index (χ1v) is 5.62. The van der Waals surface area contributed by atoms with E-state index in [1.54, 1.807) is 0 Å². The van der Waals surface area contributed by atoms with Crippen molar-refractivity contribution in [2.75, 3.05) is 5.73 Å². The number of hydrogen-bond acceptors (Lipinski definition) is 4. The molecule has 0 aromatic heterocycles. The first kappa shape index (κ1) is 14.2. The Balaban J connectivity index is 3.23. The average Bonchev–Trinajstić information content (AvgIpc) is 2.19. The van der Waals surface area contributed by atoms with E-state index in [4.69, 9.17) is 5.73 Å². The van der Waals surface area contributed by atoms with Gasteiger partial charge >= 0.3 is 15.5 Å². The number of nitrogens with zero attached hydrogens (tertiary/aromatic N) is 1. The Hall–Kier alpha value is -1.84. The van der Waals surface area contributed by atoms with Gasteiger partial charge in [0, 0.05) is 5.90 Å². The number of sulfonamides is 1. The van der Waals surface area contributed by atoms with Crippen molar-refractivity contribution >= 4 is 21.6 Å². The molecular weight excluding hydrogens is 280 g/mol. The smallest absolute Gasteiger partial charge is 0.518 e. The molecule has 0 aliphatic carbocycles. The summed E-state index contributed by atoms with van der Waals surface area (Å²) >= 11 is 0. The summed E-state index contributed by atoms with van der Waals surface area (Å²) in [5.74, 6) is -2.80. The highest BCUT2D eigenvalue weighted by molar-refractivity contribution is 7.91. The van der Waals surface area contributed by atoms with Crippen LogP contribution in [0.25, 0.3) is 0 Å². The molecule has 0 saturated heterocycles. The molecule has 0 aliphatic heterocycles. The molecule has 0 bridgehead atoms. The highest BCUT2D eigenvalue weighted by atomic mass is 32.2. The second-order valence-electron chi connectivity index (χ2n) is 3.05. The van der Waals surface area contributed by atoms with Crippen LogP contribution in [0.3, 0.4) is 0 Å². The van der Waals surface area contributed by atoms with Crippen molar-refractivity contribution in [1.82, 2.24) is 0 Å². The zero-order chi connectivity index (χ0) is 14.1. The summed E-state index contributed by atoms with van der Waals surface area (Å²) < 4.78 is 71.8. The largest absolute Gasteiger partial charge is 0.858 e. The molecule has 0 spiro atoms. The fourth-order valence-corrected chi connectivity index (χ4v) is 1.30. The van der Waals surface area contributed by atoms with Gasteiger partial charge in [-0.05, 0) is 17.7 Å². The molecule has 5 nitrogen and oxygen atoms in total. The van der Waals surface area contributed by atoms with Gasteiger partial charge in [0.15, 0.2) is 0 Å². The number of benzene rings is 1. The third kappa shape index (κ3) is 2.88. The van der Waals surface area contributed by atoms with Crippen molar-refractivity contribution in [3.8, 4) is 0 Å². The summed E-state index contributed by atoms with van der Waals surface area (Å²) in [5, 5.41) is 11.1. The summed E-state index contributed by atoms with van der Waals surface area (Å²) in [6.07, 6.45) is 0. The van der Waals surface area contributed by atoms with Crippen LogP contribution in [0.1, 0.15) is 5.56 Å². The number of hydrogen-bond donors (Lipinski definition) is 1. The van der Waals surface area contributed by atoms with Crippen molar-refractivity contribution in [1.29, 1.82) is 0 Å². The predicted octanol–water partition coefficient (Wildman–Crippen LogP) is 0.364. The van der Waals surface area contributed by atoms with E-state index in [-0.39, 0.29) is 5.69 Å². The van der Waals surface area contributed by atoms with Crippen molar-refractivity contribution < 1.29 is 31.1 Å². The van der Waals surface area contributed by atoms with Gasteiger partial charge in [-0.15, -0.1) is 0 Å².